The molecule has 0 fully saturated rings. The zero-order valence-electron chi connectivity index (χ0n) is 10.9. The highest BCUT2D eigenvalue weighted by Gasteiger charge is 2.19. The lowest BCUT2D eigenvalue weighted by molar-refractivity contribution is -0.134. The highest BCUT2D eigenvalue weighted by Crippen LogP contribution is 2.18. The summed E-state index contributed by atoms with van der Waals surface area (Å²) in [5.41, 5.74) is 5.97. The molecule has 5 heteroatoms. The van der Waals surface area contributed by atoms with E-state index < -0.39 is 0 Å². The first kappa shape index (κ1) is 15.9. The SMILES string of the molecule is C=CCN(Cc1cc(Br)ccc1F)C(=O)C(C)CN. The Kier molecular flexibility index (Phi) is 6.18. The van der Waals surface area contributed by atoms with Gasteiger partial charge in [-0.3, -0.25) is 4.79 Å². The highest BCUT2D eigenvalue weighted by molar-refractivity contribution is 9.10. The average Bonchev–Trinajstić information content (AvgIpc) is 2.40. The highest BCUT2D eigenvalue weighted by atomic mass is 79.9. The Balaban J connectivity index is 2.92. The van der Waals surface area contributed by atoms with Crippen LogP contribution in [0.3, 0.4) is 0 Å². The minimum atomic E-state index is -0.328. The zero-order valence-corrected chi connectivity index (χ0v) is 12.5. The third kappa shape index (κ3) is 4.44. The molecule has 104 valence electrons. The number of amides is 1. The van der Waals surface area contributed by atoms with Gasteiger partial charge in [-0.2, -0.15) is 0 Å². The van der Waals surface area contributed by atoms with Crippen LogP contribution in [0.5, 0.6) is 0 Å². The van der Waals surface area contributed by atoms with Gasteiger partial charge in [0, 0.05) is 35.6 Å². The normalized spacial score (nSPS) is 12.0. The Bertz CT molecular complexity index is 465. The summed E-state index contributed by atoms with van der Waals surface area (Å²) in [5.74, 6) is -0.706. The molecular formula is C14H18BrFN2O. The van der Waals surface area contributed by atoms with Gasteiger partial charge in [0.2, 0.25) is 5.91 Å². The molecule has 1 aromatic carbocycles. The summed E-state index contributed by atoms with van der Waals surface area (Å²) in [6, 6.07) is 4.68. The largest absolute Gasteiger partial charge is 0.334 e. The number of carbonyl (C=O) groups is 1. The summed E-state index contributed by atoms with van der Waals surface area (Å²) in [6.45, 7) is 6.23. The number of nitrogens with zero attached hydrogens (tertiary/aromatic N) is 1. The van der Waals surface area contributed by atoms with Crippen molar-refractivity contribution in [1.82, 2.24) is 4.90 Å². The molecule has 19 heavy (non-hydrogen) atoms. The first-order valence-electron chi connectivity index (χ1n) is 6.03. The lowest BCUT2D eigenvalue weighted by Gasteiger charge is -2.24. The fourth-order valence-corrected chi connectivity index (χ4v) is 2.08. The van der Waals surface area contributed by atoms with E-state index in [1.165, 1.54) is 6.07 Å². The van der Waals surface area contributed by atoms with Crippen molar-refractivity contribution in [2.75, 3.05) is 13.1 Å². The Hall–Kier alpha value is -1.20. The van der Waals surface area contributed by atoms with Crippen molar-refractivity contribution in [3.63, 3.8) is 0 Å². The second kappa shape index (κ2) is 7.40. The van der Waals surface area contributed by atoms with E-state index in [-0.39, 0.29) is 30.7 Å². The lowest BCUT2D eigenvalue weighted by Crippen LogP contribution is -2.37. The predicted molar refractivity (Wildman–Crippen MR) is 77.9 cm³/mol. The van der Waals surface area contributed by atoms with Crippen LogP contribution in [0.15, 0.2) is 35.3 Å². The van der Waals surface area contributed by atoms with Crippen molar-refractivity contribution < 1.29 is 9.18 Å². The second-order valence-electron chi connectivity index (χ2n) is 4.38. The zero-order chi connectivity index (χ0) is 14.4. The Labute approximate surface area is 121 Å². The van der Waals surface area contributed by atoms with Crippen LogP contribution in [0.1, 0.15) is 12.5 Å². The van der Waals surface area contributed by atoms with Crippen LogP contribution in [0.25, 0.3) is 0 Å². The first-order chi connectivity index (χ1) is 8.99. The maximum Gasteiger partial charge on any atom is 0.227 e. The maximum atomic E-state index is 13.7. The van der Waals surface area contributed by atoms with E-state index >= 15 is 0 Å². The minimum Gasteiger partial charge on any atom is -0.334 e. The van der Waals surface area contributed by atoms with E-state index in [2.05, 4.69) is 22.5 Å². The van der Waals surface area contributed by atoms with Crippen LogP contribution >= 0.6 is 15.9 Å². The molecular weight excluding hydrogens is 311 g/mol. The van der Waals surface area contributed by atoms with Crippen LogP contribution in [0.2, 0.25) is 0 Å². The van der Waals surface area contributed by atoms with Crippen LogP contribution in [-0.2, 0) is 11.3 Å². The summed E-state index contributed by atoms with van der Waals surface area (Å²) >= 11 is 3.29. The van der Waals surface area contributed by atoms with Gasteiger partial charge in [-0.05, 0) is 18.2 Å². The van der Waals surface area contributed by atoms with Crippen molar-refractivity contribution in [3.8, 4) is 0 Å². The minimum absolute atomic E-state index is 0.0956. The van der Waals surface area contributed by atoms with Gasteiger partial charge in [-0.15, -0.1) is 6.58 Å². The van der Waals surface area contributed by atoms with E-state index in [1.54, 1.807) is 30.0 Å². The Morgan fingerprint density at radius 1 is 1.63 bits per heavy atom. The van der Waals surface area contributed by atoms with Gasteiger partial charge in [-0.25, -0.2) is 4.39 Å². The summed E-state index contributed by atoms with van der Waals surface area (Å²) in [5, 5.41) is 0. The van der Waals surface area contributed by atoms with Crippen molar-refractivity contribution in [2.45, 2.75) is 13.5 Å². The number of carbonyl (C=O) groups excluding carboxylic acids is 1. The molecule has 1 atom stereocenters. The molecule has 0 radical (unpaired) electrons. The fourth-order valence-electron chi connectivity index (χ4n) is 1.67. The number of halogens is 2. The average molecular weight is 329 g/mol. The number of rotatable bonds is 6. The van der Waals surface area contributed by atoms with Gasteiger partial charge in [0.05, 0.1) is 0 Å². The van der Waals surface area contributed by atoms with Crippen LogP contribution in [-0.4, -0.2) is 23.9 Å². The molecule has 1 aromatic rings. The van der Waals surface area contributed by atoms with E-state index in [0.717, 1.165) is 4.47 Å². The Morgan fingerprint density at radius 2 is 2.32 bits per heavy atom. The first-order valence-corrected chi connectivity index (χ1v) is 6.82. The molecule has 0 aliphatic rings. The molecule has 3 nitrogen and oxygen atoms in total. The molecule has 0 saturated heterocycles. The van der Waals surface area contributed by atoms with Crippen molar-refractivity contribution in [2.24, 2.45) is 11.7 Å². The molecule has 0 bridgehead atoms. The van der Waals surface area contributed by atoms with Gasteiger partial charge < -0.3 is 10.6 Å². The molecule has 0 aromatic heterocycles. The monoisotopic (exact) mass is 328 g/mol. The summed E-state index contributed by atoms with van der Waals surface area (Å²) in [4.78, 5) is 13.7. The molecule has 2 N–H and O–H groups in total. The van der Waals surface area contributed by atoms with Gasteiger partial charge >= 0.3 is 0 Å². The molecule has 1 unspecified atom stereocenters. The standard InChI is InChI=1S/C14H18BrFN2O/c1-3-6-18(14(19)10(2)8-17)9-11-7-12(15)4-5-13(11)16/h3-5,7,10H,1,6,8-9,17H2,2H3. The molecule has 0 spiro atoms. The topological polar surface area (TPSA) is 46.3 Å². The van der Waals surface area contributed by atoms with E-state index in [1.807, 2.05) is 0 Å². The number of benzene rings is 1. The van der Waals surface area contributed by atoms with Crippen molar-refractivity contribution in [1.29, 1.82) is 0 Å². The lowest BCUT2D eigenvalue weighted by atomic mass is 10.1. The third-order valence-electron chi connectivity index (χ3n) is 2.81. The van der Waals surface area contributed by atoms with Crippen LogP contribution < -0.4 is 5.73 Å². The summed E-state index contributed by atoms with van der Waals surface area (Å²) in [7, 11) is 0. The summed E-state index contributed by atoms with van der Waals surface area (Å²) < 4.78 is 14.5. The predicted octanol–water partition coefficient (Wildman–Crippen LogP) is 2.70. The smallest absolute Gasteiger partial charge is 0.227 e. The molecule has 0 aliphatic carbocycles. The summed E-state index contributed by atoms with van der Waals surface area (Å²) in [6.07, 6.45) is 1.62. The van der Waals surface area contributed by atoms with Gasteiger partial charge in [0.15, 0.2) is 0 Å². The van der Waals surface area contributed by atoms with Gasteiger partial charge in [0.1, 0.15) is 5.82 Å². The molecule has 0 aliphatic heterocycles. The van der Waals surface area contributed by atoms with E-state index in [9.17, 15) is 9.18 Å². The van der Waals surface area contributed by atoms with Gasteiger partial charge in [-0.1, -0.05) is 28.9 Å². The third-order valence-corrected chi connectivity index (χ3v) is 3.30. The van der Waals surface area contributed by atoms with E-state index in [4.69, 9.17) is 5.73 Å². The van der Waals surface area contributed by atoms with E-state index in [0.29, 0.717) is 12.1 Å². The quantitative estimate of drug-likeness (QED) is 0.816. The Morgan fingerprint density at radius 3 is 2.89 bits per heavy atom. The molecule has 1 rings (SSSR count). The van der Waals surface area contributed by atoms with Gasteiger partial charge in [0.25, 0.3) is 0 Å². The van der Waals surface area contributed by atoms with Crippen LogP contribution in [0.4, 0.5) is 4.39 Å². The second-order valence-corrected chi connectivity index (χ2v) is 5.30. The molecule has 0 saturated carbocycles. The van der Waals surface area contributed by atoms with Crippen molar-refractivity contribution >= 4 is 21.8 Å². The molecule has 1 amide bonds. The van der Waals surface area contributed by atoms with Crippen molar-refractivity contribution in [3.05, 3.63) is 46.7 Å². The number of hydrogen-bond donors (Lipinski definition) is 1. The van der Waals surface area contributed by atoms with Crippen LogP contribution in [0, 0.1) is 11.7 Å². The fraction of sp³-hybridized carbons (Fsp3) is 0.357. The number of hydrogen-bond acceptors (Lipinski definition) is 2. The number of nitrogens with two attached hydrogens (primary N) is 1. The molecule has 0 heterocycles. The maximum absolute atomic E-state index is 13.7.